The van der Waals surface area contributed by atoms with E-state index in [1.54, 1.807) is 0 Å². The summed E-state index contributed by atoms with van der Waals surface area (Å²) in [4.78, 5) is 12.7. The zero-order valence-electron chi connectivity index (χ0n) is 10.9. The summed E-state index contributed by atoms with van der Waals surface area (Å²) in [7, 11) is 0. The van der Waals surface area contributed by atoms with E-state index >= 15 is 0 Å². The number of nitrogens with two attached hydrogens (primary N) is 1. The van der Waals surface area contributed by atoms with Gasteiger partial charge >= 0.3 is 0 Å². The topological polar surface area (TPSA) is 64.3 Å². The molecule has 1 aliphatic carbocycles. The molecule has 1 saturated carbocycles. The Hall–Kier alpha value is -0.680. The molecule has 18 heavy (non-hydrogen) atoms. The summed E-state index contributed by atoms with van der Waals surface area (Å²) in [6.07, 6.45) is 5.65. The van der Waals surface area contributed by atoms with Crippen LogP contribution in [0, 0.1) is 5.92 Å². The van der Waals surface area contributed by atoms with Crippen molar-refractivity contribution in [3.8, 4) is 0 Å². The third-order valence-electron chi connectivity index (χ3n) is 4.19. The summed E-state index contributed by atoms with van der Waals surface area (Å²) in [5, 5.41) is 3.07. The molecule has 2 atom stereocenters. The predicted octanol–water partition coefficient (Wildman–Crippen LogP) is 1.52. The molecule has 2 unspecified atom stereocenters. The molecular weight excluding hydrogens is 248 g/mol. The molecular formula is C13H22N2O2S. The van der Waals surface area contributed by atoms with Crippen LogP contribution in [0.2, 0.25) is 0 Å². The number of hydrogen-bond donors (Lipinski definition) is 2. The first-order valence-electron chi connectivity index (χ1n) is 6.79. The van der Waals surface area contributed by atoms with Gasteiger partial charge in [-0.2, -0.15) is 0 Å². The minimum absolute atomic E-state index is 0.0466. The Morgan fingerprint density at radius 3 is 2.56 bits per heavy atom. The smallest absolute Gasteiger partial charge is 0.250 e. The van der Waals surface area contributed by atoms with Gasteiger partial charge in [0.05, 0.1) is 10.5 Å². The Bertz CT molecular complexity index is 340. The van der Waals surface area contributed by atoms with Crippen LogP contribution in [-0.4, -0.2) is 29.1 Å². The first-order valence-corrected chi connectivity index (χ1v) is 7.19. The Morgan fingerprint density at radius 2 is 2.06 bits per heavy atom. The lowest BCUT2D eigenvalue weighted by atomic mass is 9.81. The van der Waals surface area contributed by atoms with Crippen molar-refractivity contribution in [3.63, 3.8) is 0 Å². The standard InChI is InChI=1S/C13H22N2O2S/c1-9-5-8-17-10(9)11(16)15-13(12(14)18)6-3-2-4-7-13/h9-10H,2-8H2,1H3,(H2,14,18)(H,15,16). The van der Waals surface area contributed by atoms with Crippen molar-refractivity contribution in [2.75, 3.05) is 6.61 Å². The van der Waals surface area contributed by atoms with Crippen LogP contribution in [0.15, 0.2) is 0 Å². The molecule has 0 bridgehead atoms. The minimum Gasteiger partial charge on any atom is -0.391 e. The van der Waals surface area contributed by atoms with Gasteiger partial charge in [-0.05, 0) is 25.2 Å². The maximum Gasteiger partial charge on any atom is 0.250 e. The Kier molecular flexibility index (Phi) is 4.22. The number of nitrogens with one attached hydrogen (secondary N) is 1. The molecule has 0 radical (unpaired) electrons. The van der Waals surface area contributed by atoms with Crippen molar-refractivity contribution in [2.24, 2.45) is 11.7 Å². The molecule has 1 heterocycles. The summed E-state index contributed by atoms with van der Waals surface area (Å²) in [6.45, 7) is 2.71. The molecule has 2 fully saturated rings. The molecule has 1 amide bonds. The van der Waals surface area contributed by atoms with Crippen LogP contribution in [0.25, 0.3) is 0 Å². The third kappa shape index (κ3) is 2.67. The molecule has 102 valence electrons. The van der Waals surface area contributed by atoms with Crippen LogP contribution in [-0.2, 0) is 9.53 Å². The van der Waals surface area contributed by atoms with E-state index in [1.807, 2.05) is 6.92 Å². The molecule has 1 aliphatic heterocycles. The molecule has 3 N–H and O–H groups in total. The van der Waals surface area contributed by atoms with E-state index in [4.69, 9.17) is 22.7 Å². The van der Waals surface area contributed by atoms with Crippen LogP contribution < -0.4 is 11.1 Å². The highest BCUT2D eigenvalue weighted by Gasteiger charge is 2.40. The lowest BCUT2D eigenvalue weighted by Gasteiger charge is -2.38. The van der Waals surface area contributed by atoms with E-state index in [9.17, 15) is 4.79 Å². The van der Waals surface area contributed by atoms with E-state index < -0.39 is 5.54 Å². The van der Waals surface area contributed by atoms with Gasteiger partial charge in [-0.1, -0.05) is 38.4 Å². The van der Waals surface area contributed by atoms with Gasteiger partial charge in [0.15, 0.2) is 0 Å². The normalized spacial score (nSPS) is 30.9. The summed E-state index contributed by atoms with van der Waals surface area (Å²) in [6, 6.07) is 0. The molecule has 4 nitrogen and oxygen atoms in total. The highest BCUT2D eigenvalue weighted by atomic mass is 32.1. The van der Waals surface area contributed by atoms with Gasteiger partial charge < -0.3 is 15.8 Å². The van der Waals surface area contributed by atoms with Crippen LogP contribution in [0.5, 0.6) is 0 Å². The van der Waals surface area contributed by atoms with Crippen molar-refractivity contribution < 1.29 is 9.53 Å². The van der Waals surface area contributed by atoms with Crippen molar-refractivity contribution in [1.29, 1.82) is 0 Å². The van der Waals surface area contributed by atoms with E-state index in [2.05, 4.69) is 5.32 Å². The van der Waals surface area contributed by atoms with Gasteiger partial charge in [-0.15, -0.1) is 0 Å². The maximum absolute atomic E-state index is 12.3. The molecule has 5 heteroatoms. The third-order valence-corrected chi connectivity index (χ3v) is 4.58. The fourth-order valence-electron chi connectivity index (χ4n) is 2.93. The Morgan fingerprint density at radius 1 is 1.39 bits per heavy atom. The highest BCUT2D eigenvalue weighted by molar-refractivity contribution is 7.80. The fraction of sp³-hybridized carbons (Fsp3) is 0.846. The van der Waals surface area contributed by atoms with Crippen LogP contribution >= 0.6 is 12.2 Å². The van der Waals surface area contributed by atoms with E-state index in [0.29, 0.717) is 11.6 Å². The second-order valence-electron chi connectivity index (χ2n) is 5.55. The van der Waals surface area contributed by atoms with Gasteiger partial charge in [0.2, 0.25) is 5.91 Å². The maximum atomic E-state index is 12.3. The molecule has 0 aromatic heterocycles. The van der Waals surface area contributed by atoms with Gasteiger partial charge in [0, 0.05) is 6.61 Å². The first-order chi connectivity index (χ1) is 8.55. The fourth-order valence-corrected chi connectivity index (χ4v) is 3.18. The van der Waals surface area contributed by atoms with Crippen molar-refractivity contribution in [2.45, 2.75) is 57.1 Å². The number of amides is 1. The minimum atomic E-state index is -0.476. The average molecular weight is 270 g/mol. The molecule has 2 rings (SSSR count). The predicted molar refractivity (Wildman–Crippen MR) is 74.3 cm³/mol. The average Bonchev–Trinajstić information content (AvgIpc) is 2.76. The monoisotopic (exact) mass is 270 g/mol. The number of rotatable bonds is 3. The zero-order chi connectivity index (χ0) is 13.2. The number of ether oxygens (including phenoxy) is 1. The summed E-state index contributed by atoms with van der Waals surface area (Å²) in [5.41, 5.74) is 5.38. The molecule has 0 aromatic rings. The highest BCUT2D eigenvalue weighted by Crippen LogP contribution is 2.30. The van der Waals surface area contributed by atoms with E-state index in [-0.39, 0.29) is 17.9 Å². The van der Waals surface area contributed by atoms with E-state index in [1.165, 1.54) is 6.42 Å². The van der Waals surface area contributed by atoms with Gasteiger partial charge in [-0.3, -0.25) is 4.79 Å². The number of carbonyl (C=O) groups excluding carboxylic acids is 1. The molecule has 0 spiro atoms. The number of hydrogen-bond acceptors (Lipinski definition) is 3. The molecule has 1 saturated heterocycles. The SMILES string of the molecule is CC1CCOC1C(=O)NC1(C(N)=S)CCCCC1. The summed E-state index contributed by atoms with van der Waals surface area (Å²) >= 11 is 5.17. The van der Waals surface area contributed by atoms with Crippen LogP contribution in [0.1, 0.15) is 45.4 Å². The second-order valence-corrected chi connectivity index (χ2v) is 5.99. The van der Waals surface area contributed by atoms with Crippen LogP contribution in [0.3, 0.4) is 0 Å². The Labute approximate surface area is 114 Å². The molecule has 0 aromatic carbocycles. The van der Waals surface area contributed by atoms with Gasteiger partial charge in [0.25, 0.3) is 0 Å². The Balaban J connectivity index is 2.04. The summed E-state index contributed by atoms with van der Waals surface area (Å²) in [5.74, 6) is 0.228. The molecule has 2 aliphatic rings. The van der Waals surface area contributed by atoms with Crippen molar-refractivity contribution in [3.05, 3.63) is 0 Å². The second kappa shape index (κ2) is 5.53. The van der Waals surface area contributed by atoms with Crippen molar-refractivity contribution >= 4 is 23.1 Å². The number of carbonyl (C=O) groups is 1. The van der Waals surface area contributed by atoms with Gasteiger partial charge in [-0.25, -0.2) is 0 Å². The quantitative estimate of drug-likeness (QED) is 0.763. The zero-order valence-corrected chi connectivity index (χ0v) is 11.7. The number of thiocarbonyl (C=S) groups is 1. The lowest BCUT2D eigenvalue weighted by Crippen LogP contribution is -2.60. The summed E-state index contributed by atoms with van der Waals surface area (Å²) < 4.78 is 5.50. The lowest BCUT2D eigenvalue weighted by molar-refractivity contribution is -0.133. The van der Waals surface area contributed by atoms with Crippen LogP contribution in [0.4, 0.5) is 0 Å². The largest absolute Gasteiger partial charge is 0.391 e. The van der Waals surface area contributed by atoms with Crippen molar-refractivity contribution in [1.82, 2.24) is 5.32 Å². The van der Waals surface area contributed by atoms with Gasteiger partial charge in [0.1, 0.15) is 6.10 Å². The van der Waals surface area contributed by atoms with E-state index in [0.717, 1.165) is 32.1 Å². The first kappa shape index (κ1) is 13.7.